The van der Waals surface area contributed by atoms with Crippen molar-refractivity contribution in [3.05, 3.63) is 59.2 Å². The molecule has 0 amide bonds. The highest BCUT2D eigenvalue weighted by Crippen LogP contribution is 2.34. The van der Waals surface area contributed by atoms with Gasteiger partial charge in [0.1, 0.15) is 0 Å². The van der Waals surface area contributed by atoms with Crippen LogP contribution in [0.15, 0.2) is 52.3 Å². The Labute approximate surface area is 132 Å². The fourth-order valence-electron chi connectivity index (χ4n) is 2.42. The summed E-state index contributed by atoms with van der Waals surface area (Å²) in [5.74, 6) is -0.479. The third kappa shape index (κ3) is 2.75. The fourth-order valence-corrected chi connectivity index (χ4v) is 3.85. The Morgan fingerprint density at radius 1 is 1.18 bits per heavy atom. The molecule has 1 aliphatic heterocycles. The van der Waals surface area contributed by atoms with Crippen molar-refractivity contribution in [2.45, 2.75) is 29.4 Å². The summed E-state index contributed by atoms with van der Waals surface area (Å²) in [5, 5.41) is 0. The first kappa shape index (κ1) is 15.1. The Morgan fingerprint density at radius 3 is 2.68 bits per heavy atom. The molecule has 2 atom stereocenters. The van der Waals surface area contributed by atoms with Gasteiger partial charge in [0, 0.05) is 41.9 Å². The van der Waals surface area contributed by atoms with Gasteiger partial charge in [0.15, 0.2) is 16.1 Å². The molecule has 0 saturated heterocycles. The minimum absolute atomic E-state index is 0.385. The molecule has 2 unspecified atom stereocenters. The molecule has 4 nitrogen and oxygen atoms in total. The number of carbonyl (C=O) groups is 1. The normalized spacial score (nSPS) is 17.3. The molecule has 0 aromatic heterocycles. The second-order valence-corrected chi connectivity index (χ2v) is 6.50. The minimum atomic E-state index is -1.27. The molecule has 0 spiro atoms. The molecule has 0 radical (unpaired) electrons. The molecule has 3 rings (SSSR count). The molecule has 1 aliphatic rings. The predicted molar refractivity (Wildman–Crippen MR) is 82.3 cm³/mol. The molecule has 0 N–H and O–H groups in total. The van der Waals surface area contributed by atoms with Gasteiger partial charge in [-0.25, -0.2) is 4.79 Å². The Hall–Kier alpha value is -1.82. The SMILES string of the molecule is COC(C)OC(=O)c1ccc2c(c1)[S+]([O-])c1ccccc1C2. The van der Waals surface area contributed by atoms with Crippen molar-refractivity contribution in [1.29, 1.82) is 0 Å². The van der Waals surface area contributed by atoms with E-state index in [1.807, 2.05) is 30.3 Å². The van der Waals surface area contributed by atoms with E-state index < -0.39 is 23.4 Å². The van der Waals surface area contributed by atoms with Crippen LogP contribution in [0.1, 0.15) is 28.4 Å². The van der Waals surface area contributed by atoms with Crippen LogP contribution in [0.25, 0.3) is 0 Å². The van der Waals surface area contributed by atoms with E-state index in [1.165, 1.54) is 7.11 Å². The van der Waals surface area contributed by atoms with E-state index in [9.17, 15) is 9.35 Å². The van der Waals surface area contributed by atoms with Gasteiger partial charge in [-0.2, -0.15) is 0 Å². The first-order valence-electron chi connectivity index (χ1n) is 6.96. The van der Waals surface area contributed by atoms with E-state index >= 15 is 0 Å². The van der Waals surface area contributed by atoms with Gasteiger partial charge in [-0.3, -0.25) is 0 Å². The van der Waals surface area contributed by atoms with Crippen molar-refractivity contribution in [2.75, 3.05) is 7.11 Å². The Kier molecular flexibility index (Phi) is 4.20. The molecule has 2 aromatic carbocycles. The van der Waals surface area contributed by atoms with Crippen LogP contribution in [0, 0.1) is 0 Å². The summed E-state index contributed by atoms with van der Waals surface area (Å²) in [5.41, 5.74) is 2.43. The van der Waals surface area contributed by atoms with Gasteiger partial charge in [-0.05, 0) is 19.1 Å². The third-order valence-electron chi connectivity index (χ3n) is 3.66. The van der Waals surface area contributed by atoms with E-state index in [2.05, 4.69) is 0 Å². The highest BCUT2D eigenvalue weighted by atomic mass is 32.2. The molecule has 1 heterocycles. The Morgan fingerprint density at radius 2 is 1.91 bits per heavy atom. The first-order chi connectivity index (χ1) is 10.6. The van der Waals surface area contributed by atoms with Crippen molar-refractivity contribution in [2.24, 2.45) is 0 Å². The van der Waals surface area contributed by atoms with Crippen molar-refractivity contribution in [3.63, 3.8) is 0 Å². The molecule has 2 aromatic rings. The van der Waals surface area contributed by atoms with Crippen LogP contribution in [0.5, 0.6) is 0 Å². The lowest BCUT2D eigenvalue weighted by atomic mass is 10.0. The van der Waals surface area contributed by atoms with Gasteiger partial charge >= 0.3 is 5.97 Å². The van der Waals surface area contributed by atoms with E-state index in [0.717, 1.165) is 22.4 Å². The maximum atomic E-state index is 12.7. The fraction of sp³-hybridized carbons (Fsp3) is 0.235. The average molecular weight is 316 g/mol. The standard InChI is InChI=1S/C17H16O4S/c1-11(20-2)21-17(18)14-8-7-13-9-12-5-3-4-6-15(12)22(19)16(13)10-14/h3-8,10-11H,9H2,1-2H3. The molecular weight excluding hydrogens is 300 g/mol. The molecule has 0 fully saturated rings. The number of hydrogen-bond donors (Lipinski definition) is 0. The van der Waals surface area contributed by atoms with Crippen LogP contribution >= 0.6 is 0 Å². The topological polar surface area (TPSA) is 58.6 Å². The summed E-state index contributed by atoms with van der Waals surface area (Å²) in [6.45, 7) is 1.64. The van der Waals surface area contributed by atoms with E-state index in [4.69, 9.17) is 9.47 Å². The second-order valence-electron chi connectivity index (χ2n) is 5.08. The van der Waals surface area contributed by atoms with Crippen molar-refractivity contribution in [1.82, 2.24) is 0 Å². The van der Waals surface area contributed by atoms with Crippen LogP contribution in [0.2, 0.25) is 0 Å². The van der Waals surface area contributed by atoms with Crippen molar-refractivity contribution in [3.8, 4) is 0 Å². The zero-order valence-corrected chi connectivity index (χ0v) is 13.2. The maximum Gasteiger partial charge on any atom is 0.340 e. The summed E-state index contributed by atoms with van der Waals surface area (Å²) in [7, 11) is 1.47. The summed E-state index contributed by atoms with van der Waals surface area (Å²) >= 11 is -1.27. The Bertz CT molecular complexity index is 714. The number of rotatable bonds is 3. The lowest BCUT2D eigenvalue weighted by Crippen LogP contribution is -2.19. The smallest absolute Gasteiger partial charge is 0.340 e. The van der Waals surface area contributed by atoms with Gasteiger partial charge in [-0.15, -0.1) is 0 Å². The van der Waals surface area contributed by atoms with Crippen LogP contribution in [-0.2, 0) is 27.1 Å². The molecule has 114 valence electrons. The predicted octanol–water partition coefficient (Wildman–Crippen LogP) is 2.91. The number of esters is 1. The summed E-state index contributed by atoms with van der Waals surface area (Å²) in [6, 6.07) is 12.9. The third-order valence-corrected chi connectivity index (χ3v) is 5.24. The molecule has 0 aliphatic carbocycles. The summed E-state index contributed by atoms with van der Waals surface area (Å²) < 4.78 is 22.7. The number of benzene rings is 2. The van der Waals surface area contributed by atoms with Crippen LogP contribution in [-0.4, -0.2) is 23.9 Å². The van der Waals surface area contributed by atoms with E-state index in [0.29, 0.717) is 10.5 Å². The summed E-state index contributed by atoms with van der Waals surface area (Å²) in [4.78, 5) is 13.5. The van der Waals surface area contributed by atoms with Crippen molar-refractivity contribution < 1.29 is 18.8 Å². The van der Waals surface area contributed by atoms with Crippen LogP contribution < -0.4 is 0 Å². The van der Waals surface area contributed by atoms with Gasteiger partial charge in [0.05, 0.1) is 5.56 Å². The molecule has 22 heavy (non-hydrogen) atoms. The largest absolute Gasteiger partial charge is 0.606 e. The van der Waals surface area contributed by atoms with Crippen LogP contribution in [0.4, 0.5) is 0 Å². The van der Waals surface area contributed by atoms with Gasteiger partial charge in [-0.1, -0.05) is 24.3 Å². The highest BCUT2D eigenvalue weighted by Gasteiger charge is 2.29. The van der Waals surface area contributed by atoms with Crippen molar-refractivity contribution >= 4 is 17.1 Å². The molecule has 0 bridgehead atoms. The Balaban J connectivity index is 1.92. The zero-order valence-electron chi connectivity index (χ0n) is 12.4. The van der Waals surface area contributed by atoms with Crippen LogP contribution in [0.3, 0.4) is 0 Å². The summed E-state index contributed by atoms with van der Waals surface area (Å²) in [6.07, 6.45) is 0.107. The first-order valence-corrected chi connectivity index (χ1v) is 8.11. The number of ether oxygens (including phenoxy) is 2. The second kappa shape index (κ2) is 6.12. The minimum Gasteiger partial charge on any atom is -0.606 e. The lowest BCUT2D eigenvalue weighted by Gasteiger charge is -2.22. The number of hydrogen-bond acceptors (Lipinski definition) is 4. The van der Waals surface area contributed by atoms with Gasteiger partial charge in [0.2, 0.25) is 0 Å². The number of fused-ring (bicyclic) bond motifs is 2. The zero-order chi connectivity index (χ0) is 15.7. The van der Waals surface area contributed by atoms with Gasteiger partial charge in [0.25, 0.3) is 0 Å². The van der Waals surface area contributed by atoms with E-state index in [1.54, 1.807) is 19.1 Å². The molecule has 5 heteroatoms. The monoisotopic (exact) mass is 316 g/mol. The number of carbonyl (C=O) groups excluding carboxylic acids is 1. The van der Waals surface area contributed by atoms with E-state index in [-0.39, 0.29) is 0 Å². The number of methoxy groups -OCH3 is 1. The highest BCUT2D eigenvalue weighted by molar-refractivity contribution is 7.91. The molecule has 0 saturated carbocycles. The quantitative estimate of drug-likeness (QED) is 0.496. The average Bonchev–Trinajstić information content (AvgIpc) is 2.54. The molecular formula is C17H16O4S. The van der Waals surface area contributed by atoms with Gasteiger partial charge < -0.3 is 14.0 Å². The maximum absolute atomic E-state index is 12.7. The lowest BCUT2D eigenvalue weighted by molar-refractivity contribution is -0.0773.